The number of hydrogen-bond donors (Lipinski definition) is 4. The number of amides is 7. The Morgan fingerprint density at radius 3 is 2.23 bits per heavy atom. The third-order valence-corrected chi connectivity index (χ3v) is 8.39. The van der Waals surface area contributed by atoms with Gasteiger partial charge in [0, 0.05) is 55.8 Å². The molecular formula is C35H35N7O10. The minimum absolute atomic E-state index is 0.0699. The van der Waals surface area contributed by atoms with E-state index in [1.165, 1.54) is 37.4 Å². The molecule has 2 aromatic carbocycles. The maximum absolute atomic E-state index is 13.3. The number of furan rings is 1. The van der Waals surface area contributed by atoms with Crippen molar-refractivity contribution in [2.75, 3.05) is 36.1 Å². The lowest BCUT2D eigenvalue weighted by Crippen LogP contribution is -2.54. The monoisotopic (exact) mass is 713 g/mol. The summed E-state index contributed by atoms with van der Waals surface area (Å²) in [7, 11) is 1.35. The van der Waals surface area contributed by atoms with Gasteiger partial charge >= 0.3 is 5.88 Å². The number of nitrogens with one attached hydrogen (secondary N) is 4. The summed E-state index contributed by atoms with van der Waals surface area (Å²) in [4.78, 5) is 99.4. The number of carbonyl (C=O) groups excluding carboxylic acids is 7. The Labute approximate surface area is 296 Å². The molecule has 17 nitrogen and oxygen atoms in total. The van der Waals surface area contributed by atoms with Crippen LogP contribution in [0.1, 0.15) is 69.8 Å². The summed E-state index contributed by atoms with van der Waals surface area (Å²) in [5, 5.41) is 21.8. The van der Waals surface area contributed by atoms with Crippen molar-refractivity contribution in [2.45, 2.75) is 44.6 Å². The van der Waals surface area contributed by atoms with Crippen LogP contribution in [-0.2, 0) is 19.2 Å². The van der Waals surface area contributed by atoms with E-state index >= 15 is 0 Å². The topological polar surface area (TPSA) is 230 Å². The zero-order valence-electron chi connectivity index (χ0n) is 28.0. The predicted octanol–water partition coefficient (Wildman–Crippen LogP) is 3.47. The first-order chi connectivity index (χ1) is 24.9. The second-order valence-corrected chi connectivity index (χ2v) is 11.9. The fourth-order valence-corrected chi connectivity index (χ4v) is 5.68. The fourth-order valence-electron chi connectivity index (χ4n) is 5.68. The highest BCUT2D eigenvalue weighted by molar-refractivity contribution is 6.25. The van der Waals surface area contributed by atoms with Crippen LogP contribution in [0.2, 0.25) is 0 Å². The molecule has 52 heavy (non-hydrogen) atoms. The van der Waals surface area contributed by atoms with Crippen LogP contribution in [0.25, 0.3) is 0 Å². The Bertz CT molecular complexity index is 1950. The quantitative estimate of drug-likeness (QED) is 0.0586. The lowest BCUT2D eigenvalue weighted by atomic mass is 10.0. The molecule has 2 aliphatic heterocycles. The van der Waals surface area contributed by atoms with E-state index in [1.807, 2.05) is 0 Å². The molecule has 2 aliphatic rings. The Morgan fingerprint density at radius 2 is 1.54 bits per heavy atom. The Morgan fingerprint density at radius 1 is 0.865 bits per heavy atom. The first-order valence-electron chi connectivity index (χ1n) is 16.4. The third kappa shape index (κ3) is 8.55. The zero-order chi connectivity index (χ0) is 37.4. The van der Waals surface area contributed by atoms with Gasteiger partial charge < -0.3 is 25.7 Å². The van der Waals surface area contributed by atoms with Crippen LogP contribution in [-0.4, -0.2) is 82.3 Å². The van der Waals surface area contributed by atoms with Gasteiger partial charge in [-0.1, -0.05) is 18.9 Å². The molecular weight excluding hydrogens is 678 g/mol. The molecule has 5 rings (SSSR count). The van der Waals surface area contributed by atoms with Crippen molar-refractivity contribution in [1.82, 2.24) is 15.1 Å². The van der Waals surface area contributed by atoms with Gasteiger partial charge in [-0.15, -0.1) is 0 Å². The SMILES string of the molecule is CN1C(=O)CCC(N2C(=O)c3cccc(NCCCCCCNC(=O)/C=C/C(=O)Nc4ccc(NC(=O)c5ccc([N+](=O)[O-])o5)cc4)c3C2=O)C1=O. The smallest absolute Gasteiger partial charge is 0.395 e. The molecule has 3 aromatic rings. The number of nitro groups is 1. The van der Waals surface area contributed by atoms with Crippen molar-refractivity contribution in [3.8, 4) is 0 Å². The number of rotatable bonds is 15. The minimum atomic E-state index is -1.02. The number of nitrogens with zero attached hydrogens (tertiary/aromatic N) is 3. The lowest BCUT2D eigenvalue weighted by molar-refractivity contribution is -0.402. The Hall–Kier alpha value is -6.65. The van der Waals surface area contributed by atoms with E-state index in [9.17, 15) is 43.7 Å². The second kappa shape index (κ2) is 16.4. The summed E-state index contributed by atoms with van der Waals surface area (Å²) in [5.74, 6) is -4.49. The van der Waals surface area contributed by atoms with Gasteiger partial charge in [-0.05, 0) is 61.7 Å². The molecule has 270 valence electrons. The number of likely N-dealkylation sites (N-methyl/N-ethyl adjacent to an activating group) is 1. The van der Waals surface area contributed by atoms with E-state index in [4.69, 9.17) is 4.42 Å². The maximum atomic E-state index is 13.3. The summed E-state index contributed by atoms with van der Waals surface area (Å²) >= 11 is 0. The summed E-state index contributed by atoms with van der Waals surface area (Å²) < 4.78 is 4.86. The second-order valence-electron chi connectivity index (χ2n) is 11.9. The normalized spacial score (nSPS) is 15.5. The number of imide groups is 2. The van der Waals surface area contributed by atoms with Crippen LogP contribution in [0.3, 0.4) is 0 Å². The zero-order valence-corrected chi connectivity index (χ0v) is 28.0. The van der Waals surface area contributed by atoms with E-state index < -0.39 is 52.3 Å². The molecule has 7 amide bonds. The first-order valence-corrected chi connectivity index (χ1v) is 16.4. The fraction of sp³-hybridized carbons (Fsp3) is 0.286. The molecule has 1 saturated heterocycles. The van der Waals surface area contributed by atoms with E-state index in [2.05, 4.69) is 21.3 Å². The summed E-state index contributed by atoms with van der Waals surface area (Å²) in [5.41, 5.74) is 1.69. The number of benzene rings is 2. The Kier molecular flexibility index (Phi) is 11.5. The molecule has 0 aliphatic carbocycles. The number of anilines is 3. The highest BCUT2D eigenvalue weighted by Gasteiger charge is 2.47. The van der Waals surface area contributed by atoms with Crippen LogP contribution in [0, 0.1) is 10.1 Å². The van der Waals surface area contributed by atoms with Gasteiger partial charge in [0.15, 0.2) is 5.76 Å². The van der Waals surface area contributed by atoms with Gasteiger partial charge in [0.1, 0.15) is 11.0 Å². The van der Waals surface area contributed by atoms with Gasteiger partial charge in [0.05, 0.1) is 17.2 Å². The van der Waals surface area contributed by atoms with Crippen molar-refractivity contribution in [3.63, 3.8) is 0 Å². The molecule has 1 atom stereocenters. The van der Waals surface area contributed by atoms with E-state index in [-0.39, 0.29) is 35.6 Å². The van der Waals surface area contributed by atoms with Crippen LogP contribution in [0.5, 0.6) is 0 Å². The van der Waals surface area contributed by atoms with Crippen LogP contribution < -0.4 is 21.3 Å². The molecule has 0 bridgehead atoms. The van der Waals surface area contributed by atoms with Gasteiger partial charge in [0.2, 0.25) is 17.7 Å². The molecule has 17 heteroatoms. The standard InChI is InChI=1S/C35H35N7O10/c1-40-29(45)17-13-25(34(40)48)41-33(47)23-7-6-8-24(31(23)35(41)49)36-19-4-2-3-5-20-37-27(43)15-16-28(44)38-21-9-11-22(12-10-21)39-32(46)26-14-18-30(52-26)42(50)51/h6-12,14-16,18,25,36H,2-5,13,17,19-20H2,1H3,(H,37,43)(H,38,44)(H,39,46)/b16-15+. The highest BCUT2D eigenvalue weighted by Crippen LogP contribution is 2.33. The van der Waals surface area contributed by atoms with Crippen molar-refractivity contribution in [2.24, 2.45) is 0 Å². The van der Waals surface area contributed by atoms with Crippen molar-refractivity contribution >= 4 is 64.3 Å². The number of hydrogen-bond acceptors (Lipinski definition) is 11. The third-order valence-electron chi connectivity index (χ3n) is 8.39. The molecule has 3 heterocycles. The number of likely N-dealkylation sites (tertiary alicyclic amines) is 1. The predicted molar refractivity (Wildman–Crippen MR) is 185 cm³/mol. The molecule has 1 fully saturated rings. The average Bonchev–Trinajstić information content (AvgIpc) is 3.72. The van der Waals surface area contributed by atoms with Crippen molar-refractivity contribution in [1.29, 1.82) is 0 Å². The van der Waals surface area contributed by atoms with E-state index in [1.54, 1.807) is 18.2 Å². The molecule has 1 aromatic heterocycles. The van der Waals surface area contributed by atoms with Gasteiger partial charge in [-0.3, -0.25) is 53.5 Å². The van der Waals surface area contributed by atoms with Crippen LogP contribution in [0.4, 0.5) is 22.9 Å². The summed E-state index contributed by atoms with van der Waals surface area (Å²) in [6, 6.07) is 12.2. The maximum Gasteiger partial charge on any atom is 0.433 e. The lowest BCUT2D eigenvalue weighted by Gasteiger charge is -2.32. The number of fused-ring (bicyclic) bond motifs is 1. The van der Waals surface area contributed by atoms with Crippen molar-refractivity contribution in [3.05, 3.63) is 93.8 Å². The number of unbranched alkanes of at least 4 members (excludes halogenated alkanes) is 3. The molecule has 0 spiro atoms. The van der Waals surface area contributed by atoms with Gasteiger partial charge in [0.25, 0.3) is 23.6 Å². The summed E-state index contributed by atoms with van der Waals surface area (Å²) in [6.07, 6.45) is 5.44. The molecule has 1 unspecified atom stereocenters. The molecule has 4 N–H and O–H groups in total. The summed E-state index contributed by atoms with van der Waals surface area (Å²) in [6.45, 7) is 0.923. The number of carbonyl (C=O) groups is 7. The first kappa shape index (κ1) is 36.6. The average molecular weight is 714 g/mol. The van der Waals surface area contributed by atoms with Crippen LogP contribution >= 0.6 is 0 Å². The van der Waals surface area contributed by atoms with E-state index in [0.29, 0.717) is 36.6 Å². The Balaban J connectivity index is 0.965. The van der Waals surface area contributed by atoms with E-state index in [0.717, 1.165) is 47.3 Å². The van der Waals surface area contributed by atoms with Gasteiger partial charge in [-0.2, -0.15) is 0 Å². The van der Waals surface area contributed by atoms with Crippen molar-refractivity contribution < 1.29 is 42.9 Å². The number of piperidine rings is 1. The van der Waals surface area contributed by atoms with Crippen LogP contribution in [0.15, 0.2) is 71.2 Å². The molecule has 0 radical (unpaired) electrons. The molecule has 0 saturated carbocycles. The van der Waals surface area contributed by atoms with Gasteiger partial charge in [-0.25, -0.2) is 0 Å². The minimum Gasteiger partial charge on any atom is -0.395 e. The highest BCUT2D eigenvalue weighted by atomic mass is 16.6. The largest absolute Gasteiger partial charge is 0.433 e.